The van der Waals surface area contributed by atoms with Crippen molar-refractivity contribution in [3.8, 4) is 0 Å². The molecule has 8 heteroatoms. The molecule has 2 aliphatic heterocycles. The monoisotopic (exact) mass is 356 g/mol. The van der Waals surface area contributed by atoms with Gasteiger partial charge in [0.05, 0.1) is 11.8 Å². The van der Waals surface area contributed by atoms with E-state index in [1.54, 1.807) is 6.07 Å². The normalized spacial score (nSPS) is 21.0. The molecular weight excluding hydrogens is 337 g/mol. The van der Waals surface area contributed by atoms with Gasteiger partial charge in [-0.1, -0.05) is 0 Å². The van der Waals surface area contributed by atoms with Crippen LogP contribution in [0.1, 0.15) is 24.1 Å². The second-order valence-electron chi connectivity index (χ2n) is 6.83. The number of hydrogen-bond donors (Lipinski definition) is 1. The highest BCUT2D eigenvalue weighted by Crippen LogP contribution is 2.40. The molecule has 2 aromatic rings. The average molecular weight is 356 g/mol. The van der Waals surface area contributed by atoms with Gasteiger partial charge in [-0.2, -0.15) is 13.2 Å². The summed E-state index contributed by atoms with van der Waals surface area (Å²) in [6.45, 7) is 3.97. The first kappa shape index (κ1) is 16.1. The molecule has 2 aromatic heterocycles. The first-order valence-electron chi connectivity index (χ1n) is 8.20. The van der Waals surface area contributed by atoms with E-state index in [4.69, 9.17) is 0 Å². The van der Waals surface area contributed by atoms with Crippen molar-refractivity contribution in [2.45, 2.75) is 31.9 Å². The second kappa shape index (κ2) is 5.84. The first-order valence-corrected chi connectivity index (χ1v) is 9.02. The lowest BCUT2D eigenvalue weighted by atomic mass is 9.78. The van der Waals surface area contributed by atoms with Gasteiger partial charge < -0.3 is 10.2 Å². The second-order valence-corrected chi connectivity index (χ2v) is 7.95. The van der Waals surface area contributed by atoms with Crippen molar-refractivity contribution in [2.24, 2.45) is 5.41 Å². The molecule has 0 bridgehead atoms. The lowest BCUT2D eigenvalue weighted by Crippen LogP contribution is -2.41. The van der Waals surface area contributed by atoms with Gasteiger partial charge >= 0.3 is 6.18 Å². The fourth-order valence-corrected chi connectivity index (χ4v) is 4.87. The Morgan fingerprint density at radius 3 is 2.67 bits per heavy atom. The van der Waals surface area contributed by atoms with E-state index >= 15 is 0 Å². The SMILES string of the molecule is FC(F)(F)Cc1cc2c(N3CCC4(CCNC4)CC3)ncnc2s1. The number of halogens is 3. The standard InChI is InChI=1S/C16H19F3N4S/c17-16(18,19)8-11-7-12-13(21-10-22-14(12)24-11)23-5-2-15(3-6-23)1-4-20-9-15/h7,10,20H,1-6,8-9H2. The summed E-state index contributed by atoms with van der Waals surface area (Å²) in [7, 11) is 0. The van der Waals surface area contributed by atoms with Gasteiger partial charge in [0.1, 0.15) is 17.0 Å². The Labute approximate surface area is 142 Å². The van der Waals surface area contributed by atoms with Crippen molar-refractivity contribution in [3.05, 3.63) is 17.3 Å². The number of nitrogens with one attached hydrogen (secondary N) is 1. The van der Waals surface area contributed by atoms with Gasteiger partial charge in [-0.15, -0.1) is 11.3 Å². The Hall–Kier alpha value is -1.41. The summed E-state index contributed by atoms with van der Waals surface area (Å²) >= 11 is 1.11. The third kappa shape index (κ3) is 3.09. The van der Waals surface area contributed by atoms with Crippen molar-refractivity contribution in [1.29, 1.82) is 0 Å². The summed E-state index contributed by atoms with van der Waals surface area (Å²) in [5, 5.41) is 4.20. The van der Waals surface area contributed by atoms with Gasteiger partial charge in [0, 0.05) is 24.5 Å². The minimum absolute atomic E-state index is 0.299. The maximum absolute atomic E-state index is 12.6. The number of hydrogen-bond acceptors (Lipinski definition) is 5. The molecule has 130 valence electrons. The van der Waals surface area contributed by atoms with Gasteiger partial charge in [0.15, 0.2) is 0 Å². The van der Waals surface area contributed by atoms with E-state index in [0.29, 0.717) is 15.1 Å². The van der Waals surface area contributed by atoms with Crippen LogP contribution in [0.2, 0.25) is 0 Å². The van der Waals surface area contributed by atoms with Crippen LogP contribution in [0.15, 0.2) is 12.4 Å². The molecule has 4 heterocycles. The fraction of sp³-hybridized carbons (Fsp3) is 0.625. The molecule has 0 aromatic carbocycles. The highest BCUT2D eigenvalue weighted by atomic mass is 32.1. The van der Waals surface area contributed by atoms with Gasteiger partial charge in [-0.25, -0.2) is 9.97 Å². The summed E-state index contributed by atoms with van der Waals surface area (Å²) in [4.78, 5) is 11.7. The predicted molar refractivity (Wildman–Crippen MR) is 88.5 cm³/mol. The van der Waals surface area contributed by atoms with E-state index in [2.05, 4.69) is 20.2 Å². The number of piperidine rings is 1. The van der Waals surface area contributed by atoms with E-state index in [-0.39, 0.29) is 0 Å². The van der Waals surface area contributed by atoms with Crippen LogP contribution in [-0.4, -0.2) is 42.3 Å². The van der Waals surface area contributed by atoms with Crippen LogP contribution in [0, 0.1) is 5.41 Å². The maximum atomic E-state index is 12.6. The van der Waals surface area contributed by atoms with Crippen LogP contribution in [0.3, 0.4) is 0 Å². The Balaban J connectivity index is 1.58. The van der Waals surface area contributed by atoms with E-state index in [0.717, 1.165) is 61.6 Å². The number of alkyl halides is 3. The summed E-state index contributed by atoms with van der Waals surface area (Å²) in [6, 6.07) is 1.62. The summed E-state index contributed by atoms with van der Waals surface area (Å²) < 4.78 is 37.9. The minimum Gasteiger partial charge on any atom is -0.356 e. The topological polar surface area (TPSA) is 41.0 Å². The third-order valence-corrected chi connectivity index (χ3v) is 6.23. The molecule has 1 spiro atoms. The predicted octanol–water partition coefficient (Wildman–Crippen LogP) is 3.38. The van der Waals surface area contributed by atoms with E-state index in [9.17, 15) is 13.2 Å². The van der Waals surface area contributed by atoms with Crippen molar-refractivity contribution < 1.29 is 13.2 Å². The summed E-state index contributed by atoms with van der Waals surface area (Å²) in [6.07, 6.45) is -0.207. The number of thiophene rings is 1. The maximum Gasteiger partial charge on any atom is 0.393 e. The molecule has 0 atom stereocenters. The molecular formula is C16H19F3N4S. The van der Waals surface area contributed by atoms with E-state index < -0.39 is 12.6 Å². The van der Waals surface area contributed by atoms with Crippen molar-refractivity contribution >= 4 is 27.4 Å². The summed E-state index contributed by atoms with van der Waals surface area (Å²) in [5.74, 6) is 0.783. The van der Waals surface area contributed by atoms with Crippen molar-refractivity contribution in [1.82, 2.24) is 15.3 Å². The smallest absolute Gasteiger partial charge is 0.356 e. The van der Waals surface area contributed by atoms with Crippen LogP contribution in [-0.2, 0) is 6.42 Å². The third-order valence-electron chi connectivity index (χ3n) is 5.19. The zero-order valence-corrected chi connectivity index (χ0v) is 14.0. The molecule has 0 radical (unpaired) electrons. The molecule has 1 N–H and O–H groups in total. The highest BCUT2D eigenvalue weighted by Gasteiger charge is 2.37. The minimum atomic E-state index is -4.19. The van der Waals surface area contributed by atoms with Gasteiger partial charge in [-0.05, 0) is 37.3 Å². The molecule has 2 fully saturated rings. The Morgan fingerprint density at radius 2 is 2.00 bits per heavy atom. The van der Waals surface area contributed by atoms with Gasteiger partial charge in [-0.3, -0.25) is 0 Å². The summed E-state index contributed by atoms with van der Waals surface area (Å²) in [5.41, 5.74) is 0.402. The largest absolute Gasteiger partial charge is 0.393 e. The molecule has 24 heavy (non-hydrogen) atoms. The average Bonchev–Trinajstić information content (AvgIpc) is 3.13. The van der Waals surface area contributed by atoms with Crippen molar-refractivity contribution in [3.63, 3.8) is 0 Å². The Kier molecular flexibility index (Phi) is 3.91. The molecule has 2 aliphatic rings. The number of aromatic nitrogens is 2. The van der Waals surface area contributed by atoms with Crippen LogP contribution in [0.5, 0.6) is 0 Å². The number of rotatable bonds is 2. The quantitative estimate of drug-likeness (QED) is 0.896. The molecule has 0 unspecified atom stereocenters. The number of anilines is 1. The van der Waals surface area contributed by atoms with Crippen LogP contribution >= 0.6 is 11.3 Å². The molecule has 0 aliphatic carbocycles. The van der Waals surface area contributed by atoms with Crippen LogP contribution < -0.4 is 10.2 Å². The zero-order chi connectivity index (χ0) is 16.8. The van der Waals surface area contributed by atoms with Crippen LogP contribution in [0.25, 0.3) is 10.2 Å². The zero-order valence-electron chi connectivity index (χ0n) is 13.2. The molecule has 0 saturated carbocycles. The molecule has 4 nitrogen and oxygen atoms in total. The molecule has 4 rings (SSSR count). The lowest BCUT2D eigenvalue weighted by molar-refractivity contribution is -0.126. The number of fused-ring (bicyclic) bond motifs is 1. The van der Waals surface area contributed by atoms with E-state index in [1.165, 1.54) is 12.7 Å². The fourth-order valence-electron chi connectivity index (χ4n) is 3.84. The highest BCUT2D eigenvalue weighted by molar-refractivity contribution is 7.18. The number of nitrogens with zero attached hydrogens (tertiary/aromatic N) is 3. The van der Waals surface area contributed by atoms with Crippen LogP contribution in [0.4, 0.5) is 19.0 Å². The molecule has 0 amide bonds. The van der Waals surface area contributed by atoms with Gasteiger partial charge in [0.25, 0.3) is 0 Å². The van der Waals surface area contributed by atoms with E-state index in [1.807, 2.05) is 0 Å². The first-order chi connectivity index (χ1) is 11.4. The van der Waals surface area contributed by atoms with Gasteiger partial charge in [0.2, 0.25) is 0 Å². The van der Waals surface area contributed by atoms with Crippen molar-refractivity contribution in [2.75, 3.05) is 31.1 Å². The Bertz CT molecular complexity index is 726. The molecule has 2 saturated heterocycles. The lowest BCUT2D eigenvalue weighted by Gasteiger charge is -2.39. The Morgan fingerprint density at radius 1 is 1.21 bits per heavy atom.